The molecule has 48 heavy (non-hydrogen) atoms. The zero-order valence-electron chi connectivity index (χ0n) is 26.1. The van der Waals surface area contributed by atoms with Gasteiger partial charge in [0.1, 0.15) is 24.2 Å². The second-order valence-electron chi connectivity index (χ2n) is 11.4. The summed E-state index contributed by atoms with van der Waals surface area (Å²) < 4.78 is 42.9. The number of nitrogens with zero attached hydrogens (tertiary/aromatic N) is 4. The number of benzene rings is 2. The molecule has 0 radical (unpaired) electrons. The van der Waals surface area contributed by atoms with Crippen molar-refractivity contribution in [1.29, 1.82) is 5.26 Å². The first kappa shape index (κ1) is 33.2. The van der Waals surface area contributed by atoms with Gasteiger partial charge in [0, 0.05) is 55.1 Å². The zero-order chi connectivity index (χ0) is 33.7. The van der Waals surface area contributed by atoms with Crippen LogP contribution in [0.5, 0.6) is 11.5 Å². The van der Waals surface area contributed by atoms with Crippen molar-refractivity contribution in [2.45, 2.75) is 38.6 Å². The van der Waals surface area contributed by atoms with E-state index >= 15 is 0 Å². The van der Waals surface area contributed by atoms with Gasteiger partial charge < -0.3 is 24.8 Å². The van der Waals surface area contributed by atoms with Crippen LogP contribution in [0.4, 0.5) is 17.1 Å². The highest BCUT2D eigenvalue weighted by Crippen LogP contribution is 2.38. The number of carbonyl (C=O) groups excluding carboxylic acids is 1. The van der Waals surface area contributed by atoms with Gasteiger partial charge in [-0.3, -0.25) is 14.8 Å². The van der Waals surface area contributed by atoms with E-state index in [1.165, 1.54) is 22.8 Å². The van der Waals surface area contributed by atoms with Gasteiger partial charge in [-0.25, -0.2) is 12.7 Å². The molecule has 2 aliphatic rings. The Morgan fingerprint density at radius 1 is 1.17 bits per heavy atom. The largest absolute Gasteiger partial charge is 0.486 e. The van der Waals surface area contributed by atoms with E-state index in [0.29, 0.717) is 83.4 Å². The Kier molecular flexibility index (Phi) is 10.1. The van der Waals surface area contributed by atoms with Gasteiger partial charge >= 0.3 is 0 Å². The second kappa shape index (κ2) is 14.6. The van der Waals surface area contributed by atoms with Crippen LogP contribution in [0.25, 0.3) is 10.9 Å². The smallest absolute Gasteiger partial charge is 0.248 e. The van der Waals surface area contributed by atoms with Gasteiger partial charge in [-0.05, 0) is 55.7 Å². The van der Waals surface area contributed by atoms with Crippen molar-refractivity contribution in [2.24, 2.45) is 0 Å². The first-order chi connectivity index (χ1) is 23.2. The molecule has 248 valence electrons. The van der Waals surface area contributed by atoms with E-state index in [-0.39, 0.29) is 18.1 Å². The van der Waals surface area contributed by atoms with Gasteiger partial charge in [0.15, 0.2) is 6.29 Å². The number of hydrogen-bond donors (Lipinski definition) is 2. The SMILES string of the molecule is CS(=O)(=O)N1CCC(=CC(=O)Nc2cc3c(Nc4ccc(OCc5ccccn5)c(Cl)c4)c(C#N)cnc3cc2OC2CCCO2)CC1. The van der Waals surface area contributed by atoms with Crippen LogP contribution in [0.3, 0.4) is 0 Å². The van der Waals surface area contributed by atoms with Gasteiger partial charge in [0.05, 0.1) is 46.0 Å². The summed E-state index contributed by atoms with van der Waals surface area (Å²) in [5, 5.41) is 17.2. The normalized spacial score (nSPS) is 16.7. The number of rotatable bonds is 10. The fourth-order valence-corrected chi connectivity index (χ4v) is 6.58. The number of fused-ring (bicyclic) bond motifs is 1. The van der Waals surface area contributed by atoms with E-state index in [9.17, 15) is 18.5 Å². The standard InChI is InChI=1S/C34H33ClN6O6S/c1-48(43,44)41-12-9-22(10-13-41)15-32(42)40-29-17-26-28(18-31(29)47-33-6-4-14-45-33)38-20-23(19-36)34(26)39-24-7-8-30(27(35)16-24)46-21-25-5-2-3-11-37-25/h2-3,5,7-8,11,15-18,20,33H,4,6,9-10,12-14,21H2,1H3,(H,38,39)(H,40,42). The van der Waals surface area contributed by atoms with Gasteiger partial charge in [0.25, 0.3) is 0 Å². The highest BCUT2D eigenvalue weighted by atomic mass is 35.5. The lowest BCUT2D eigenvalue weighted by Crippen LogP contribution is -2.35. The number of carbonyl (C=O) groups is 1. The summed E-state index contributed by atoms with van der Waals surface area (Å²) in [6, 6.07) is 16.4. The molecule has 0 saturated carbocycles. The van der Waals surface area contributed by atoms with Crippen LogP contribution in [-0.2, 0) is 26.2 Å². The molecule has 2 aromatic carbocycles. The average Bonchev–Trinajstić information content (AvgIpc) is 3.58. The lowest BCUT2D eigenvalue weighted by Gasteiger charge is -2.26. The topological polar surface area (TPSA) is 156 Å². The van der Waals surface area contributed by atoms with Gasteiger partial charge in [-0.2, -0.15) is 5.26 Å². The van der Waals surface area contributed by atoms with Crippen LogP contribution in [0.1, 0.15) is 36.9 Å². The molecule has 0 spiro atoms. The van der Waals surface area contributed by atoms with Crippen molar-refractivity contribution in [3.8, 4) is 17.6 Å². The minimum absolute atomic E-state index is 0.251. The maximum absolute atomic E-state index is 13.3. The highest BCUT2D eigenvalue weighted by molar-refractivity contribution is 7.88. The lowest BCUT2D eigenvalue weighted by atomic mass is 10.0. The molecule has 14 heteroatoms. The number of ether oxygens (including phenoxy) is 3. The summed E-state index contributed by atoms with van der Waals surface area (Å²) in [6.07, 6.45) is 7.83. The van der Waals surface area contributed by atoms with Crippen LogP contribution in [0.15, 0.2) is 72.6 Å². The first-order valence-electron chi connectivity index (χ1n) is 15.4. The molecule has 4 aromatic rings. The summed E-state index contributed by atoms with van der Waals surface area (Å²) in [5.41, 5.74) is 3.84. The van der Waals surface area contributed by atoms with Crippen molar-refractivity contribution < 1.29 is 27.4 Å². The Balaban J connectivity index is 1.28. The Hall–Kier alpha value is -4.74. The van der Waals surface area contributed by atoms with Crippen molar-refractivity contribution in [1.82, 2.24) is 14.3 Å². The van der Waals surface area contributed by atoms with Crippen LogP contribution in [0.2, 0.25) is 5.02 Å². The number of nitriles is 1. The molecule has 1 amide bonds. The third-order valence-electron chi connectivity index (χ3n) is 7.97. The third-order valence-corrected chi connectivity index (χ3v) is 9.56. The lowest BCUT2D eigenvalue weighted by molar-refractivity contribution is -0.112. The van der Waals surface area contributed by atoms with E-state index in [2.05, 4.69) is 26.7 Å². The number of sulfonamides is 1. The summed E-state index contributed by atoms with van der Waals surface area (Å²) in [4.78, 5) is 22.0. The number of amides is 1. The zero-order valence-corrected chi connectivity index (χ0v) is 27.7. The predicted molar refractivity (Wildman–Crippen MR) is 182 cm³/mol. The maximum atomic E-state index is 13.3. The Bertz CT molecular complexity index is 2000. The minimum atomic E-state index is -3.29. The number of aromatic nitrogens is 2. The number of anilines is 3. The number of pyridine rings is 2. The summed E-state index contributed by atoms with van der Waals surface area (Å²) in [7, 11) is -3.29. The van der Waals surface area contributed by atoms with Crippen LogP contribution < -0.4 is 20.1 Å². The summed E-state index contributed by atoms with van der Waals surface area (Å²) in [6.45, 7) is 1.46. The van der Waals surface area contributed by atoms with E-state index in [0.717, 1.165) is 17.7 Å². The average molecular weight is 689 g/mol. The van der Waals surface area contributed by atoms with E-state index in [1.54, 1.807) is 36.5 Å². The van der Waals surface area contributed by atoms with E-state index < -0.39 is 16.3 Å². The van der Waals surface area contributed by atoms with Gasteiger partial charge in [0.2, 0.25) is 15.9 Å². The van der Waals surface area contributed by atoms with Crippen molar-refractivity contribution in [3.05, 3.63) is 88.9 Å². The predicted octanol–water partition coefficient (Wildman–Crippen LogP) is 5.91. The van der Waals surface area contributed by atoms with E-state index in [1.807, 2.05) is 18.2 Å². The molecule has 4 heterocycles. The maximum Gasteiger partial charge on any atom is 0.248 e. The number of piperidine rings is 1. The number of halogens is 1. The molecule has 2 fully saturated rings. The molecule has 1 unspecified atom stereocenters. The molecule has 2 N–H and O–H groups in total. The van der Waals surface area contributed by atoms with Crippen LogP contribution in [0, 0.1) is 11.3 Å². The van der Waals surface area contributed by atoms with Gasteiger partial charge in [-0.15, -0.1) is 0 Å². The summed E-state index contributed by atoms with van der Waals surface area (Å²) in [5.74, 6) is 0.458. The fraction of sp³-hybridized carbons (Fsp3) is 0.294. The Morgan fingerprint density at radius 2 is 2.00 bits per heavy atom. The Morgan fingerprint density at radius 3 is 2.69 bits per heavy atom. The molecular formula is C34H33ClN6O6S. The van der Waals surface area contributed by atoms with Crippen LogP contribution in [-0.4, -0.2) is 60.8 Å². The van der Waals surface area contributed by atoms with E-state index in [4.69, 9.17) is 25.8 Å². The molecule has 2 aromatic heterocycles. The van der Waals surface area contributed by atoms with Crippen LogP contribution >= 0.6 is 11.6 Å². The van der Waals surface area contributed by atoms with Crippen molar-refractivity contribution in [3.63, 3.8) is 0 Å². The molecule has 0 bridgehead atoms. The quantitative estimate of drug-likeness (QED) is 0.192. The number of hydrogen-bond acceptors (Lipinski definition) is 10. The number of nitrogens with one attached hydrogen (secondary N) is 2. The van der Waals surface area contributed by atoms with Crippen molar-refractivity contribution >= 4 is 55.5 Å². The molecule has 1 atom stereocenters. The molecule has 6 rings (SSSR count). The first-order valence-corrected chi connectivity index (χ1v) is 17.6. The molecule has 0 aliphatic carbocycles. The third kappa shape index (κ3) is 8.03. The highest BCUT2D eigenvalue weighted by Gasteiger charge is 2.24. The van der Waals surface area contributed by atoms with Gasteiger partial charge in [-0.1, -0.05) is 23.2 Å². The molecule has 2 saturated heterocycles. The molecular weight excluding hydrogens is 656 g/mol. The summed E-state index contributed by atoms with van der Waals surface area (Å²) >= 11 is 6.57. The molecule has 12 nitrogen and oxygen atoms in total. The van der Waals surface area contributed by atoms with Crippen molar-refractivity contribution in [2.75, 3.05) is 36.6 Å². The second-order valence-corrected chi connectivity index (χ2v) is 13.8. The molecule has 2 aliphatic heterocycles. The Labute approximate surface area is 283 Å². The monoisotopic (exact) mass is 688 g/mol. The minimum Gasteiger partial charge on any atom is -0.486 e. The fourth-order valence-electron chi connectivity index (χ4n) is 5.50.